The third-order valence-corrected chi connectivity index (χ3v) is 4.63. The topological polar surface area (TPSA) is 84.7 Å². The van der Waals surface area contributed by atoms with E-state index < -0.39 is 0 Å². The Morgan fingerprint density at radius 2 is 2.08 bits per heavy atom. The minimum Gasteiger partial charge on any atom is -0.411 e. The number of aromatic nitrogens is 4. The molecule has 0 aliphatic heterocycles. The van der Waals surface area contributed by atoms with Gasteiger partial charge in [0.25, 0.3) is 5.22 Å². The second-order valence-corrected chi connectivity index (χ2v) is 6.42. The number of ketones is 1. The van der Waals surface area contributed by atoms with Gasteiger partial charge in [-0.3, -0.25) is 9.78 Å². The van der Waals surface area contributed by atoms with E-state index in [9.17, 15) is 4.79 Å². The molecule has 0 saturated heterocycles. The van der Waals surface area contributed by atoms with Crippen LogP contribution in [0.25, 0.3) is 22.4 Å². The fourth-order valence-electron chi connectivity index (χ4n) is 2.71. The number of thioether (sulfide) groups is 1. The molecule has 0 atom stereocenters. The van der Waals surface area contributed by atoms with Gasteiger partial charge in [0.15, 0.2) is 5.78 Å². The van der Waals surface area contributed by atoms with E-state index in [0.717, 1.165) is 27.7 Å². The zero-order chi connectivity index (χ0) is 17.2. The van der Waals surface area contributed by atoms with Crippen molar-refractivity contribution in [2.24, 2.45) is 0 Å². The Kier molecular flexibility index (Phi) is 4.07. The number of carbonyl (C=O) groups is 1. The van der Waals surface area contributed by atoms with Crippen molar-refractivity contribution >= 4 is 28.4 Å². The van der Waals surface area contributed by atoms with Crippen LogP contribution in [0.5, 0.6) is 0 Å². The van der Waals surface area contributed by atoms with Crippen molar-refractivity contribution in [3.63, 3.8) is 0 Å². The maximum Gasteiger partial charge on any atom is 0.277 e. The second kappa shape index (κ2) is 6.52. The fraction of sp³-hybridized carbons (Fsp3) is 0.111. The molecular formula is C18H14N4O2S. The summed E-state index contributed by atoms with van der Waals surface area (Å²) in [5.74, 6) is 0.657. The van der Waals surface area contributed by atoms with Gasteiger partial charge in [-0.2, -0.15) is 0 Å². The van der Waals surface area contributed by atoms with Crippen LogP contribution in [0, 0.1) is 6.92 Å². The van der Waals surface area contributed by atoms with Crippen LogP contribution in [0.4, 0.5) is 0 Å². The molecule has 0 aliphatic carbocycles. The Morgan fingerprint density at radius 1 is 1.20 bits per heavy atom. The quantitative estimate of drug-likeness (QED) is 0.434. The average Bonchev–Trinajstić information content (AvgIpc) is 3.24. The number of Topliss-reactive ketones (excluding diaryl/α,β-unsaturated/α-hetero) is 1. The summed E-state index contributed by atoms with van der Waals surface area (Å²) in [4.78, 5) is 19.9. The highest BCUT2D eigenvalue weighted by atomic mass is 32.2. The van der Waals surface area contributed by atoms with Gasteiger partial charge >= 0.3 is 0 Å². The number of hydrogen-bond donors (Lipinski definition) is 1. The molecule has 3 aromatic heterocycles. The Balaban J connectivity index is 1.51. The zero-order valence-electron chi connectivity index (χ0n) is 13.4. The van der Waals surface area contributed by atoms with Gasteiger partial charge < -0.3 is 9.40 Å². The Morgan fingerprint density at radius 3 is 2.92 bits per heavy atom. The van der Waals surface area contributed by atoms with E-state index in [2.05, 4.69) is 20.2 Å². The van der Waals surface area contributed by atoms with Crippen LogP contribution in [0.3, 0.4) is 0 Å². The van der Waals surface area contributed by atoms with Crippen molar-refractivity contribution in [2.45, 2.75) is 12.1 Å². The predicted molar refractivity (Wildman–Crippen MR) is 95.6 cm³/mol. The Bertz CT molecular complexity index is 1040. The highest BCUT2D eigenvalue weighted by molar-refractivity contribution is 7.99. The van der Waals surface area contributed by atoms with Crippen molar-refractivity contribution < 1.29 is 9.21 Å². The molecule has 6 nitrogen and oxygen atoms in total. The maximum atomic E-state index is 12.7. The molecule has 0 spiro atoms. The predicted octanol–water partition coefficient (Wildman–Crippen LogP) is 3.90. The summed E-state index contributed by atoms with van der Waals surface area (Å²) in [6, 6.07) is 11.4. The number of nitrogens with one attached hydrogen (secondary N) is 1. The van der Waals surface area contributed by atoms with Crippen molar-refractivity contribution in [3.05, 3.63) is 60.0 Å². The number of pyridine rings is 1. The van der Waals surface area contributed by atoms with Crippen molar-refractivity contribution in [2.75, 3.05) is 5.75 Å². The van der Waals surface area contributed by atoms with Crippen LogP contribution in [-0.2, 0) is 0 Å². The number of carbonyl (C=O) groups excluding carboxylic acids is 1. The number of rotatable bonds is 5. The van der Waals surface area contributed by atoms with Gasteiger partial charge in [-0.05, 0) is 25.1 Å². The van der Waals surface area contributed by atoms with Gasteiger partial charge in [0.1, 0.15) is 0 Å². The largest absolute Gasteiger partial charge is 0.411 e. The second-order valence-electron chi connectivity index (χ2n) is 5.50. The normalized spacial score (nSPS) is 11.1. The van der Waals surface area contributed by atoms with Crippen LogP contribution in [0.15, 0.2) is 58.4 Å². The average molecular weight is 350 g/mol. The molecule has 124 valence electrons. The summed E-state index contributed by atoms with van der Waals surface area (Å²) >= 11 is 1.24. The zero-order valence-corrected chi connectivity index (χ0v) is 14.2. The maximum absolute atomic E-state index is 12.7. The van der Waals surface area contributed by atoms with Gasteiger partial charge in [-0.25, -0.2) is 0 Å². The van der Waals surface area contributed by atoms with Crippen LogP contribution in [0.2, 0.25) is 0 Å². The van der Waals surface area contributed by atoms with Crippen LogP contribution >= 0.6 is 11.8 Å². The molecule has 7 heteroatoms. The lowest BCUT2D eigenvalue weighted by Gasteiger charge is -1.99. The van der Waals surface area contributed by atoms with E-state index in [0.29, 0.717) is 11.1 Å². The van der Waals surface area contributed by atoms with E-state index >= 15 is 0 Å². The van der Waals surface area contributed by atoms with Gasteiger partial charge in [0, 0.05) is 34.6 Å². The van der Waals surface area contributed by atoms with Gasteiger partial charge in [0.05, 0.1) is 11.3 Å². The first-order chi connectivity index (χ1) is 12.2. The molecule has 0 saturated carbocycles. The first-order valence-corrected chi connectivity index (χ1v) is 8.68. The van der Waals surface area contributed by atoms with Crippen molar-refractivity contribution in [1.29, 1.82) is 0 Å². The van der Waals surface area contributed by atoms with Gasteiger partial charge in [-0.15, -0.1) is 10.2 Å². The number of aryl methyl sites for hydroxylation is 1. The molecule has 0 unspecified atom stereocenters. The highest BCUT2D eigenvalue weighted by Gasteiger charge is 2.17. The SMILES string of the molecule is Cc1[nH]c2ccccc2c1C(=O)CSc1nnc(-c2cccnc2)o1. The standard InChI is InChI=1S/C18H14N4O2S/c1-11-16(13-6-2-3-7-14(13)20-11)15(23)10-25-18-22-21-17(24-18)12-5-4-8-19-9-12/h2-9,20H,10H2,1H3. The molecule has 0 aliphatic rings. The Labute approximate surface area is 147 Å². The molecule has 0 fully saturated rings. The third-order valence-electron chi connectivity index (χ3n) is 3.81. The lowest BCUT2D eigenvalue weighted by Crippen LogP contribution is -2.03. The molecule has 3 heterocycles. The number of aromatic amines is 1. The number of H-pyrrole nitrogens is 1. The molecule has 0 radical (unpaired) electrons. The lowest BCUT2D eigenvalue weighted by molar-refractivity contribution is 0.102. The number of fused-ring (bicyclic) bond motifs is 1. The van der Waals surface area contributed by atoms with Crippen molar-refractivity contribution in [1.82, 2.24) is 20.2 Å². The van der Waals surface area contributed by atoms with E-state index in [1.807, 2.05) is 37.3 Å². The summed E-state index contributed by atoms with van der Waals surface area (Å²) in [6.45, 7) is 1.91. The van der Waals surface area contributed by atoms with E-state index in [1.54, 1.807) is 18.5 Å². The minimum atomic E-state index is 0.0288. The summed E-state index contributed by atoms with van der Waals surface area (Å²) in [5, 5.41) is 9.29. The van der Waals surface area contributed by atoms with Gasteiger partial charge in [0.2, 0.25) is 5.89 Å². The molecule has 0 amide bonds. The van der Waals surface area contributed by atoms with E-state index in [1.165, 1.54) is 11.8 Å². The summed E-state index contributed by atoms with van der Waals surface area (Å²) in [7, 11) is 0. The fourth-order valence-corrected chi connectivity index (χ4v) is 3.34. The number of benzene rings is 1. The Hall–Kier alpha value is -2.93. The molecule has 4 rings (SSSR count). The molecule has 0 bridgehead atoms. The van der Waals surface area contributed by atoms with Crippen LogP contribution in [-0.4, -0.2) is 31.7 Å². The molecule has 1 N–H and O–H groups in total. The smallest absolute Gasteiger partial charge is 0.277 e. The minimum absolute atomic E-state index is 0.0288. The third kappa shape index (κ3) is 3.06. The summed E-state index contributed by atoms with van der Waals surface area (Å²) in [5.41, 5.74) is 3.30. The van der Waals surface area contributed by atoms with Crippen LogP contribution < -0.4 is 0 Å². The van der Waals surface area contributed by atoms with E-state index in [4.69, 9.17) is 4.42 Å². The molecule has 4 aromatic rings. The van der Waals surface area contributed by atoms with Crippen molar-refractivity contribution in [3.8, 4) is 11.5 Å². The van der Waals surface area contributed by atoms with E-state index in [-0.39, 0.29) is 11.5 Å². The highest BCUT2D eigenvalue weighted by Crippen LogP contribution is 2.26. The molecular weight excluding hydrogens is 336 g/mol. The first kappa shape index (κ1) is 15.6. The molecule has 25 heavy (non-hydrogen) atoms. The number of para-hydroxylation sites is 1. The summed E-state index contributed by atoms with van der Waals surface area (Å²) in [6.07, 6.45) is 3.33. The first-order valence-electron chi connectivity index (χ1n) is 7.69. The van der Waals surface area contributed by atoms with Gasteiger partial charge in [-0.1, -0.05) is 30.0 Å². The van der Waals surface area contributed by atoms with Crippen LogP contribution in [0.1, 0.15) is 16.1 Å². The number of nitrogens with zero attached hydrogens (tertiary/aromatic N) is 3. The molecule has 1 aromatic carbocycles. The number of hydrogen-bond acceptors (Lipinski definition) is 6. The monoisotopic (exact) mass is 350 g/mol. The lowest BCUT2D eigenvalue weighted by atomic mass is 10.1. The summed E-state index contributed by atoms with van der Waals surface area (Å²) < 4.78 is 5.60.